The van der Waals surface area contributed by atoms with E-state index >= 15 is 0 Å². The zero-order valence-corrected chi connectivity index (χ0v) is 22.9. The van der Waals surface area contributed by atoms with Gasteiger partial charge in [-0.05, 0) is 43.1 Å². The number of amides is 2. The van der Waals surface area contributed by atoms with Gasteiger partial charge in [0.25, 0.3) is 0 Å². The van der Waals surface area contributed by atoms with Crippen LogP contribution in [0.4, 0.5) is 4.79 Å². The summed E-state index contributed by atoms with van der Waals surface area (Å²) in [5.41, 5.74) is 2.03. The molecule has 0 aliphatic carbocycles. The lowest BCUT2D eigenvalue weighted by molar-refractivity contribution is -0.170. The molecule has 2 aromatic carbocycles. The first-order valence-corrected chi connectivity index (χ1v) is 15.4. The van der Waals surface area contributed by atoms with Crippen molar-refractivity contribution in [2.45, 2.75) is 83.0 Å². The van der Waals surface area contributed by atoms with Gasteiger partial charge in [0.2, 0.25) is 5.91 Å². The molecule has 188 valence electrons. The van der Waals surface area contributed by atoms with Crippen molar-refractivity contribution in [3.05, 3.63) is 71.8 Å². The van der Waals surface area contributed by atoms with E-state index < -0.39 is 20.5 Å². The number of benzene rings is 2. The van der Waals surface area contributed by atoms with Gasteiger partial charge in [0.05, 0.1) is 24.2 Å². The molecule has 0 N–H and O–H groups in total. The summed E-state index contributed by atoms with van der Waals surface area (Å²) in [4.78, 5) is 30.4. The first-order valence-electron chi connectivity index (χ1n) is 12.5. The largest absolute Gasteiger partial charge is 0.447 e. The van der Waals surface area contributed by atoms with E-state index in [0.717, 1.165) is 11.1 Å². The number of carbonyl (C=O) groups excluding carboxylic acids is 2. The van der Waals surface area contributed by atoms with Crippen molar-refractivity contribution in [3.63, 3.8) is 0 Å². The average molecular weight is 495 g/mol. The van der Waals surface area contributed by atoms with E-state index in [1.807, 2.05) is 79.4 Å². The van der Waals surface area contributed by atoms with Crippen molar-refractivity contribution in [2.24, 2.45) is 0 Å². The van der Waals surface area contributed by atoms with Crippen molar-refractivity contribution in [3.8, 4) is 0 Å². The zero-order chi connectivity index (χ0) is 25.5. The van der Waals surface area contributed by atoms with Gasteiger partial charge in [-0.3, -0.25) is 9.69 Å². The fraction of sp³-hybridized carbons (Fsp3) is 0.500. The summed E-state index contributed by atoms with van der Waals surface area (Å²) in [5.74, 6) is -0.0585. The normalized spacial score (nSPS) is 24.7. The van der Waals surface area contributed by atoms with Gasteiger partial charge in [-0.25, -0.2) is 4.79 Å². The summed E-state index contributed by atoms with van der Waals surface area (Å²) in [6.45, 7) is 15.4. The van der Waals surface area contributed by atoms with Crippen molar-refractivity contribution in [1.82, 2.24) is 9.80 Å². The molecule has 0 bridgehead atoms. The van der Waals surface area contributed by atoms with Crippen LogP contribution >= 0.6 is 0 Å². The Morgan fingerprint density at radius 1 is 0.971 bits per heavy atom. The van der Waals surface area contributed by atoms with E-state index in [1.165, 1.54) is 0 Å². The van der Waals surface area contributed by atoms with Crippen LogP contribution in [0, 0.1) is 0 Å². The molecule has 2 aliphatic heterocycles. The second-order valence-corrected chi connectivity index (χ2v) is 16.0. The Morgan fingerprint density at radius 2 is 1.54 bits per heavy atom. The molecule has 35 heavy (non-hydrogen) atoms. The Balaban J connectivity index is 1.70. The smallest absolute Gasteiger partial charge is 0.411 e. The van der Waals surface area contributed by atoms with Crippen LogP contribution in [0.15, 0.2) is 60.7 Å². The van der Waals surface area contributed by atoms with Crippen LogP contribution in [0.3, 0.4) is 0 Å². The molecule has 2 fully saturated rings. The maximum atomic E-state index is 13.8. The van der Waals surface area contributed by atoms with Crippen molar-refractivity contribution in [1.29, 1.82) is 0 Å². The summed E-state index contributed by atoms with van der Waals surface area (Å²) in [6, 6.07) is 18.5. The Morgan fingerprint density at radius 3 is 2.11 bits per heavy atom. The van der Waals surface area contributed by atoms with Crippen LogP contribution in [-0.2, 0) is 14.0 Å². The lowest BCUT2D eigenvalue weighted by Crippen LogP contribution is -2.75. The number of hydrogen-bond donors (Lipinski definition) is 0. The van der Waals surface area contributed by atoms with Gasteiger partial charge in [0.1, 0.15) is 12.6 Å². The van der Waals surface area contributed by atoms with Gasteiger partial charge in [-0.2, -0.15) is 0 Å². The van der Waals surface area contributed by atoms with Crippen LogP contribution < -0.4 is 0 Å². The molecule has 2 amide bonds. The van der Waals surface area contributed by atoms with E-state index in [0.29, 0.717) is 0 Å². The van der Waals surface area contributed by atoms with Gasteiger partial charge in [-0.15, -0.1) is 0 Å². The molecule has 2 aliphatic rings. The molecule has 5 atom stereocenters. The summed E-state index contributed by atoms with van der Waals surface area (Å²) in [5, 5.41) is 0.0273. The highest BCUT2D eigenvalue weighted by atomic mass is 28.4. The minimum atomic E-state index is -2.12. The third-order valence-electron chi connectivity index (χ3n) is 8.01. The predicted molar refractivity (Wildman–Crippen MR) is 139 cm³/mol. The van der Waals surface area contributed by atoms with Crippen LogP contribution in [0.1, 0.15) is 57.8 Å². The number of hydrogen-bond acceptors (Lipinski definition) is 4. The second kappa shape index (κ2) is 9.43. The SMILES string of the molecule is C[C@H](O[Si](C)(C)C(C)(C)C)[C@@H]1[C@H](N2C(=O)OC[C@@H]2c2ccccc2)C(=O)N1[C@H](C)c1ccccc1. The lowest BCUT2D eigenvalue weighted by Gasteiger charge is -2.56. The summed E-state index contributed by atoms with van der Waals surface area (Å²) < 4.78 is 12.3. The number of rotatable bonds is 7. The predicted octanol–water partition coefficient (Wildman–Crippen LogP) is 5.93. The first-order chi connectivity index (χ1) is 16.4. The van der Waals surface area contributed by atoms with Gasteiger partial charge in [-0.1, -0.05) is 81.4 Å². The Kier molecular flexibility index (Phi) is 6.86. The highest BCUT2D eigenvalue weighted by Gasteiger charge is 2.60. The van der Waals surface area contributed by atoms with Gasteiger partial charge >= 0.3 is 6.09 Å². The van der Waals surface area contributed by atoms with Crippen molar-refractivity contribution >= 4 is 20.3 Å². The molecule has 0 spiro atoms. The molecule has 0 radical (unpaired) electrons. The minimum Gasteiger partial charge on any atom is -0.447 e. The molecule has 2 saturated heterocycles. The fourth-order valence-electron chi connectivity index (χ4n) is 5.01. The van der Waals surface area contributed by atoms with Crippen LogP contribution in [0.2, 0.25) is 18.1 Å². The fourth-order valence-corrected chi connectivity index (χ4v) is 6.43. The number of nitrogens with zero attached hydrogens (tertiary/aromatic N) is 2. The van der Waals surface area contributed by atoms with E-state index in [9.17, 15) is 9.59 Å². The third kappa shape index (κ3) is 4.64. The molecular weight excluding hydrogens is 456 g/mol. The average Bonchev–Trinajstić information content (AvgIpc) is 3.18. The van der Waals surface area contributed by atoms with Crippen molar-refractivity contribution in [2.75, 3.05) is 6.61 Å². The van der Waals surface area contributed by atoms with E-state index in [4.69, 9.17) is 9.16 Å². The third-order valence-corrected chi connectivity index (χ3v) is 12.6. The second-order valence-electron chi connectivity index (χ2n) is 11.3. The molecule has 0 unspecified atom stereocenters. The van der Waals surface area contributed by atoms with Crippen LogP contribution in [0.5, 0.6) is 0 Å². The maximum absolute atomic E-state index is 13.8. The van der Waals surface area contributed by atoms with Crippen LogP contribution in [-0.4, -0.2) is 54.9 Å². The molecular formula is C28H38N2O4Si. The molecule has 7 heteroatoms. The summed E-state index contributed by atoms with van der Waals surface area (Å²) in [7, 11) is -2.12. The minimum absolute atomic E-state index is 0.0273. The molecule has 0 saturated carbocycles. The zero-order valence-electron chi connectivity index (χ0n) is 21.9. The molecule has 4 rings (SSSR count). The highest BCUT2D eigenvalue weighted by molar-refractivity contribution is 6.74. The number of ether oxygens (including phenoxy) is 1. The quantitative estimate of drug-likeness (QED) is 0.354. The van der Waals surface area contributed by atoms with E-state index in [2.05, 4.69) is 33.9 Å². The summed E-state index contributed by atoms with van der Waals surface area (Å²) in [6.07, 6.45) is -0.677. The van der Waals surface area contributed by atoms with E-state index in [-0.39, 0.29) is 41.8 Å². The molecule has 6 nitrogen and oxygen atoms in total. The number of carbonyl (C=O) groups is 2. The summed E-state index contributed by atoms with van der Waals surface area (Å²) >= 11 is 0. The number of likely N-dealkylation sites (tertiary alicyclic amines) is 1. The number of β-lactam (4-membered cyclic amide) rings is 1. The Hall–Kier alpha value is -2.64. The maximum Gasteiger partial charge on any atom is 0.411 e. The standard InChI is InChI=1S/C28H38N2O4Si/c1-19(21-14-10-8-11-15-21)29-24(20(2)34-35(6,7)28(3,4)5)25(26(29)31)30-23(18-33-27(30)32)22-16-12-9-13-17-22/h8-17,19-20,23-25H,18H2,1-7H3/t19-,20+,23-,24-,25+/m1/s1. The Bertz CT molecular complexity index is 1050. The Labute approximate surface area is 210 Å². The van der Waals surface area contributed by atoms with Gasteiger partial charge in [0.15, 0.2) is 8.32 Å². The highest BCUT2D eigenvalue weighted by Crippen LogP contribution is 2.44. The van der Waals surface area contributed by atoms with Gasteiger partial charge < -0.3 is 14.1 Å². The monoisotopic (exact) mass is 494 g/mol. The van der Waals surface area contributed by atoms with E-state index in [1.54, 1.807) is 4.90 Å². The molecule has 0 aromatic heterocycles. The molecule has 2 aromatic rings. The lowest BCUT2D eigenvalue weighted by atomic mass is 9.85. The van der Waals surface area contributed by atoms with Crippen molar-refractivity contribution < 1.29 is 18.8 Å². The van der Waals surface area contributed by atoms with Crippen LogP contribution in [0.25, 0.3) is 0 Å². The first kappa shape index (κ1) is 25.4. The number of cyclic esters (lactones) is 1. The molecule has 2 heterocycles. The van der Waals surface area contributed by atoms with Gasteiger partial charge in [0, 0.05) is 0 Å². The topological polar surface area (TPSA) is 59.1 Å².